The lowest BCUT2D eigenvalue weighted by atomic mass is 9.98. The maximum Gasteiger partial charge on any atom is 0.296 e. The molecule has 2 aromatic heterocycles. The quantitative estimate of drug-likeness (QED) is 0.375. The minimum Gasteiger partial charge on any atom is -0.494 e. The molecular weight excluding hydrogens is 428 g/mol. The first-order valence-electron chi connectivity index (χ1n) is 11.5. The van der Waals surface area contributed by atoms with Crippen molar-refractivity contribution in [2.24, 2.45) is 5.92 Å². The van der Waals surface area contributed by atoms with E-state index in [4.69, 9.17) is 9.15 Å². The van der Waals surface area contributed by atoms with Crippen molar-refractivity contribution in [2.75, 3.05) is 11.5 Å². The van der Waals surface area contributed by atoms with Gasteiger partial charge in [0.25, 0.3) is 5.91 Å². The van der Waals surface area contributed by atoms with Crippen LogP contribution in [0.3, 0.4) is 0 Å². The van der Waals surface area contributed by atoms with Gasteiger partial charge in [0.15, 0.2) is 5.43 Å². The summed E-state index contributed by atoms with van der Waals surface area (Å²) in [6, 6.07) is 17.6. The van der Waals surface area contributed by atoms with Gasteiger partial charge in [0, 0.05) is 6.20 Å². The number of hydrogen-bond acceptors (Lipinski definition) is 5. The van der Waals surface area contributed by atoms with E-state index in [0.29, 0.717) is 40.6 Å². The molecule has 3 heterocycles. The highest BCUT2D eigenvalue weighted by atomic mass is 16.5. The molecule has 0 saturated heterocycles. The number of benzene rings is 2. The van der Waals surface area contributed by atoms with E-state index < -0.39 is 6.04 Å². The van der Waals surface area contributed by atoms with E-state index in [0.717, 1.165) is 17.5 Å². The third-order valence-corrected chi connectivity index (χ3v) is 6.13. The summed E-state index contributed by atoms with van der Waals surface area (Å²) < 4.78 is 12.0. The van der Waals surface area contributed by atoms with Crippen LogP contribution in [0.2, 0.25) is 0 Å². The Kier molecular flexibility index (Phi) is 5.65. The van der Waals surface area contributed by atoms with Crippen LogP contribution in [-0.2, 0) is 0 Å². The highest BCUT2D eigenvalue weighted by Crippen LogP contribution is 2.42. The average molecular weight is 455 g/mol. The number of hydrogen-bond donors (Lipinski definition) is 0. The lowest BCUT2D eigenvalue weighted by Gasteiger charge is -2.25. The van der Waals surface area contributed by atoms with Gasteiger partial charge >= 0.3 is 0 Å². The predicted molar refractivity (Wildman–Crippen MR) is 132 cm³/mol. The van der Waals surface area contributed by atoms with Gasteiger partial charge in [0.2, 0.25) is 5.76 Å². The zero-order valence-electron chi connectivity index (χ0n) is 19.4. The van der Waals surface area contributed by atoms with Crippen molar-refractivity contribution in [3.63, 3.8) is 0 Å². The topological polar surface area (TPSA) is 72.6 Å². The molecule has 0 aliphatic carbocycles. The van der Waals surface area contributed by atoms with Gasteiger partial charge in [-0.1, -0.05) is 44.2 Å². The Morgan fingerprint density at radius 2 is 1.88 bits per heavy atom. The summed E-state index contributed by atoms with van der Waals surface area (Å²) in [6.45, 7) is 6.79. The third-order valence-electron chi connectivity index (χ3n) is 6.13. The van der Waals surface area contributed by atoms with E-state index in [1.807, 2.05) is 43.3 Å². The molecule has 2 aromatic carbocycles. The van der Waals surface area contributed by atoms with Gasteiger partial charge in [-0.3, -0.25) is 14.5 Å². The fourth-order valence-corrected chi connectivity index (χ4v) is 4.37. The van der Waals surface area contributed by atoms with E-state index >= 15 is 0 Å². The zero-order chi connectivity index (χ0) is 23.8. The van der Waals surface area contributed by atoms with E-state index in [1.165, 1.54) is 0 Å². The summed E-state index contributed by atoms with van der Waals surface area (Å²) in [4.78, 5) is 33.4. The summed E-state index contributed by atoms with van der Waals surface area (Å²) in [7, 11) is 0. The number of anilines is 1. The summed E-state index contributed by atoms with van der Waals surface area (Å²) in [5.41, 5.74) is 2.10. The van der Waals surface area contributed by atoms with Crippen LogP contribution < -0.4 is 15.1 Å². The Morgan fingerprint density at radius 3 is 2.68 bits per heavy atom. The largest absolute Gasteiger partial charge is 0.494 e. The van der Waals surface area contributed by atoms with Gasteiger partial charge in [-0.05, 0) is 60.7 Å². The minimum atomic E-state index is -0.675. The van der Waals surface area contributed by atoms with Gasteiger partial charge in [-0.15, -0.1) is 0 Å². The van der Waals surface area contributed by atoms with E-state index in [1.54, 1.807) is 35.4 Å². The summed E-state index contributed by atoms with van der Waals surface area (Å²) in [6.07, 6.45) is 2.58. The number of aromatic nitrogens is 1. The molecule has 0 bridgehead atoms. The maximum atomic E-state index is 13.7. The average Bonchev–Trinajstić information content (AvgIpc) is 3.12. The fourth-order valence-electron chi connectivity index (χ4n) is 4.37. The predicted octanol–water partition coefficient (Wildman–Crippen LogP) is 5.67. The first kappa shape index (κ1) is 21.9. The Morgan fingerprint density at radius 1 is 1.06 bits per heavy atom. The first-order valence-corrected chi connectivity index (χ1v) is 11.5. The number of aryl methyl sites for hydroxylation is 1. The molecule has 172 valence electrons. The number of ether oxygens (including phenoxy) is 1. The van der Waals surface area contributed by atoms with Crippen molar-refractivity contribution in [3.8, 4) is 5.75 Å². The van der Waals surface area contributed by atoms with Crippen LogP contribution in [0.5, 0.6) is 5.75 Å². The van der Waals surface area contributed by atoms with Gasteiger partial charge < -0.3 is 9.15 Å². The SMILES string of the molecule is Cc1cccnc1N1C(=O)c2oc3ccccc3c(=O)c2[C@@H]1c1cccc(OCCC(C)C)c1. The lowest BCUT2D eigenvalue weighted by molar-refractivity contribution is 0.0970. The van der Waals surface area contributed by atoms with Crippen LogP contribution in [0.1, 0.15) is 53.6 Å². The number of rotatable bonds is 6. The second kappa shape index (κ2) is 8.78. The van der Waals surface area contributed by atoms with Crippen molar-refractivity contribution in [1.29, 1.82) is 0 Å². The van der Waals surface area contributed by atoms with Crippen LogP contribution >= 0.6 is 0 Å². The molecule has 34 heavy (non-hydrogen) atoms. The molecule has 1 aliphatic rings. The number of amides is 1. The second-order valence-electron chi connectivity index (χ2n) is 9.00. The molecule has 6 nitrogen and oxygen atoms in total. The van der Waals surface area contributed by atoms with Gasteiger partial charge in [0.05, 0.1) is 23.6 Å². The molecule has 1 aliphatic heterocycles. The molecule has 6 heteroatoms. The Labute approximate surface area is 197 Å². The van der Waals surface area contributed by atoms with E-state index in [9.17, 15) is 9.59 Å². The fraction of sp³-hybridized carbons (Fsp3) is 0.250. The molecule has 0 saturated carbocycles. The number of carbonyl (C=O) groups excluding carboxylic acids is 1. The molecule has 1 amide bonds. The number of fused-ring (bicyclic) bond motifs is 2. The maximum absolute atomic E-state index is 13.7. The molecular formula is C28H26N2O4. The summed E-state index contributed by atoms with van der Waals surface area (Å²) in [5, 5.41) is 0.447. The van der Waals surface area contributed by atoms with Crippen molar-refractivity contribution in [1.82, 2.24) is 4.98 Å². The minimum absolute atomic E-state index is 0.0601. The van der Waals surface area contributed by atoms with E-state index in [2.05, 4.69) is 18.8 Å². The standard InChI is InChI=1S/C28H26N2O4/c1-17(2)13-15-33-20-10-6-9-19(16-20)24-23-25(31)21-11-4-5-12-22(21)34-26(23)28(32)30(24)27-18(3)8-7-14-29-27/h4-12,14,16-17,24H,13,15H2,1-3H3/t24-/m0/s1. The highest BCUT2D eigenvalue weighted by molar-refractivity contribution is 6.10. The van der Waals surface area contributed by atoms with Crippen LogP contribution in [-0.4, -0.2) is 17.5 Å². The molecule has 0 unspecified atom stereocenters. The monoisotopic (exact) mass is 454 g/mol. The van der Waals surface area contributed by atoms with Gasteiger partial charge in [-0.2, -0.15) is 0 Å². The Hall–Kier alpha value is -3.93. The van der Waals surface area contributed by atoms with Crippen LogP contribution in [0.25, 0.3) is 11.0 Å². The third kappa shape index (κ3) is 3.75. The molecule has 1 atom stereocenters. The normalized spacial score (nSPS) is 15.2. The zero-order valence-corrected chi connectivity index (χ0v) is 19.4. The summed E-state index contributed by atoms with van der Waals surface area (Å²) >= 11 is 0. The van der Waals surface area contributed by atoms with Gasteiger partial charge in [-0.25, -0.2) is 4.98 Å². The van der Waals surface area contributed by atoms with Crippen molar-refractivity contribution in [2.45, 2.75) is 33.2 Å². The number of pyridine rings is 1. The lowest BCUT2D eigenvalue weighted by Crippen LogP contribution is -2.31. The highest BCUT2D eigenvalue weighted by Gasteiger charge is 2.44. The number of nitrogens with zero attached hydrogens (tertiary/aromatic N) is 2. The van der Waals surface area contributed by atoms with Crippen LogP contribution in [0.4, 0.5) is 5.82 Å². The Balaban J connectivity index is 1.69. The van der Waals surface area contributed by atoms with Crippen molar-refractivity contribution in [3.05, 3.63) is 99.5 Å². The molecule has 4 aromatic rings. The summed E-state index contributed by atoms with van der Waals surface area (Å²) in [5.74, 6) is 1.41. The van der Waals surface area contributed by atoms with Gasteiger partial charge in [0.1, 0.15) is 17.2 Å². The van der Waals surface area contributed by atoms with Crippen LogP contribution in [0, 0.1) is 12.8 Å². The molecule has 5 rings (SSSR count). The smallest absolute Gasteiger partial charge is 0.296 e. The molecule has 0 spiro atoms. The van der Waals surface area contributed by atoms with Crippen molar-refractivity contribution >= 4 is 22.7 Å². The van der Waals surface area contributed by atoms with Crippen molar-refractivity contribution < 1.29 is 13.9 Å². The molecule has 0 N–H and O–H groups in total. The number of carbonyl (C=O) groups is 1. The molecule has 0 fully saturated rings. The Bertz CT molecular complexity index is 1440. The number of para-hydroxylation sites is 1. The van der Waals surface area contributed by atoms with E-state index in [-0.39, 0.29) is 17.1 Å². The second-order valence-corrected chi connectivity index (χ2v) is 9.00. The van der Waals surface area contributed by atoms with Crippen LogP contribution in [0.15, 0.2) is 76.1 Å². The molecule has 0 radical (unpaired) electrons. The first-order chi connectivity index (χ1) is 16.5.